The van der Waals surface area contributed by atoms with E-state index in [1.807, 2.05) is 0 Å². The molecule has 2 aromatic heterocycles. The molecule has 10 heteroatoms. The lowest BCUT2D eigenvalue weighted by Crippen LogP contribution is -2.40. The highest BCUT2D eigenvalue weighted by Crippen LogP contribution is 2.32. The number of amides is 1. The molecule has 2 aromatic rings. The normalized spacial score (nSPS) is 19.1. The minimum atomic E-state index is -4.47. The van der Waals surface area contributed by atoms with Crippen molar-refractivity contribution in [3.05, 3.63) is 29.9 Å². The molecule has 3 rings (SSSR count). The Bertz CT molecular complexity index is 693. The van der Waals surface area contributed by atoms with Crippen molar-refractivity contribution in [1.29, 1.82) is 0 Å². The van der Waals surface area contributed by atoms with Gasteiger partial charge in [-0.05, 0) is 12.8 Å². The summed E-state index contributed by atoms with van der Waals surface area (Å²) in [6, 6.07) is 0. The number of rotatable bonds is 2. The number of aryl methyl sites for hydroxylation is 1. The van der Waals surface area contributed by atoms with Gasteiger partial charge >= 0.3 is 6.18 Å². The number of halogens is 3. The van der Waals surface area contributed by atoms with Gasteiger partial charge in [0.1, 0.15) is 12.2 Å². The summed E-state index contributed by atoms with van der Waals surface area (Å²) in [4.78, 5) is 21.4. The van der Waals surface area contributed by atoms with Crippen molar-refractivity contribution >= 4 is 5.91 Å². The summed E-state index contributed by atoms with van der Waals surface area (Å²) in [5, 5.41) is 6.14. The van der Waals surface area contributed by atoms with Crippen LogP contribution in [0.3, 0.4) is 0 Å². The predicted molar refractivity (Wildman–Crippen MR) is 72.5 cm³/mol. The second-order valence-electron chi connectivity index (χ2n) is 5.52. The molecule has 1 amide bonds. The summed E-state index contributed by atoms with van der Waals surface area (Å²) in [7, 11) is 1.54. The lowest BCUT2D eigenvalue weighted by molar-refractivity contribution is -0.141. The van der Waals surface area contributed by atoms with Gasteiger partial charge < -0.3 is 9.47 Å². The third-order valence-electron chi connectivity index (χ3n) is 3.89. The van der Waals surface area contributed by atoms with Gasteiger partial charge in [-0.1, -0.05) is 0 Å². The van der Waals surface area contributed by atoms with Crippen LogP contribution in [0.4, 0.5) is 13.2 Å². The van der Waals surface area contributed by atoms with E-state index in [1.54, 1.807) is 4.90 Å². The first-order valence-corrected chi connectivity index (χ1v) is 7.11. The quantitative estimate of drug-likeness (QED) is 0.908. The number of hydrogen-bond donors (Lipinski definition) is 1. The maximum atomic E-state index is 12.8. The van der Waals surface area contributed by atoms with Crippen molar-refractivity contribution in [3.63, 3.8) is 0 Å². The molecule has 0 aromatic carbocycles. The van der Waals surface area contributed by atoms with E-state index in [0.29, 0.717) is 31.8 Å². The van der Waals surface area contributed by atoms with Gasteiger partial charge in [-0.3, -0.25) is 9.89 Å². The number of imidazole rings is 1. The number of likely N-dealkylation sites (tertiary alicyclic amines) is 1. The molecule has 7 nitrogen and oxygen atoms in total. The summed E-state index contributed by atoms with van der Waals surface area (Å²) in [6.07, 6.45) is -0.878. The number of carbonyl (C=O) groups excluding carboxylic acids is 1. The van der Waals surface area contributed by atoms with Crippen LogP contribution in [0.25, 0.3) is 0 Å². The van der Waals surface area contributed by atoms with Crippen LogP contribution in [0.1, 0.15) is 40.9 Å². The molecule has 1 saturated heterocycles. The van der Waals surface area contributed by atoms with Gasteiger partial charge in [-0.25, -0.2) is 9.97 Å². The van der Waals surface area contributed by atoms with Crippen LogP contribution in [-0.2, 0) is 13.2 Å². The number of nitrogens with zero attached hydrogens (tertiary/aromatic N) is 5. The molecule has 0 bridgehead atoms. The summed E-state index contributed by atoms with van der Waals surface area (Å²) in [6.45, 7) is 0.842. The highest BCUT2D eigenvalue weighted by Gasteiger charge is 2.36. The van der Waals surface area contributed by atoms with Crippen LogP contribution in [0.15, 0.2) is 12.5 Å². The summed E-state index contributed by atoms with van der Waals surface area (Å²) in [5.41, 5.74) is -0.909. The second-order valence-corrected chi connectivity index (χ2v) is 5.52. The summed E-state index contributed by atoms with van der Waals surface area (Å²) >= 11 is 0. The van der Waals surface area contributed by atoms with Gasteiger partial charge in [0.15, 0.2) is 5.69 Å². The molecule has 1 N–H and O–H groups in total. The van der Waals surface area contributed by atoms with Crippen LogP contribution in [0.5, 0.6) is 0 Å². The van der Waals surface area contributed by atoms with E-state index in [-0.39, 0.29) is 17.6 Å². The first-order chi connectivity index (χ1) is 10.9. The summed E-state index contributed by atoms with van der Waals surface area (Å²) < 4.78 is 39.7. The second kappa shape index (κ2) is 5.67. The smallest absolute Gasteiger partial charge is 0.337 e. The summed E-state index contributed by atoms with van der Waals surface area (Å²) in [5.74, 6) is -0.0805. The zero-order valence-corrected chi connectivity index (χ0v) is 12.3. The molecular weight excluding hydrogens is 313 g/mol. The van der Waals surface area contributed by atoms with Crippen LogP contribution >= 0.6 is 0 Å². The minimum absolute atomic E-state index is 0.126. The number of aromatic nitrogens is 5. The highest BCUT2D eigenvalue weighted by atomic mass is 19.4. The van der Waals surface area contributed by atoms with Gasteiger partial charge in [-0.2, -0.15) is 18.3 Å². The van der Waals surface area contributed by atoms with Gasteiger partial charge in [0.05, 0.1) is 0 Å². The Kier molecular flexibility index (Phi) is 3.82. The monoisotopic (exact) mass is 328 g/mol. The Hall–Kier alpha value is -2.39. The highest BCUT2D eigenvalue weighted by molar-refractivity contribution is 5.90. The van der Waals surface area contributed by atoms with Gasteiger partial charge in [0.2, 0.25) is 5.82 Å². The fourth-order valence-electron chi connectivity index (χ4n) is 2.83. The molecule has 1 atom stereocenters. The maximum Gasteiger partial charge on any atom is 0.434 e. The van der Waals surface area contributed by atoms with E-state index in [4.69, 9.17) is 0 Å². The van der Waals surface area contributed by atoms with E-state index >= 15 is 0 Å². The van der Waals surface area contributed by atoms with Crippen LogP contribution < -0.4 is 0 Å². The predicted octanol–water partition coefficient (Wildman–Crippen LogP) is 1.58. The lowest BCUT2D eigenvalue weighted by atomic mass is 9.97. The molecule has 0 saturated carbocycles. The van der Waals surface area contributed by atoms with E-state index < -0.39 is 11.9 Å². The van der Waals surface area contributed by atoms with E-state index in [1.165, 1.54) is 17.9 Å². The zero-order chi connectivity index (χ0) is 16.6. The Labute approximate surface area is 129 Å². The molecule has 124 valence electrons. The first-order valence-electron chi connectivity index (χ1n) is 7.11. The number of carbonyl (C=O) groups is 1. The molecule has 3 heterocycles. The zero-order valence-electron chi connectivity index (χ0n) is 12.3. The van der Waals surface area contributed by atoms with Crippen LogP contribution in [0, 0.1) is 0 Å². The fraction of sp³-hybridized carbons (Fsp3) is 0.538. The van der Waals surface area contributed by atoms with Crippen molar-refractivity contribution < 1.29 is 18.0 Å². The van der Waals surface area contributed by atoms with E-state index in [9.17, 15) is 18.0 Å². The average Bonchev–Trinajstić information content (AvgIpc) is 3.15. The van der Waals surface area contributed by atoms with Gasteiger partial charge in [0, 0.05) is 32.3 Å². The molecule has 1 unspecified atom stereocenters. The van der Waals surface area contributed by atoms with Crippen molar-refractivity contribution in [2.24, 2.45) is 7.05 Å². The minimum Gasteiger partial charge on any atom is -0.337 e. The van der Waals surface area contributed by atoms with Crippen molar-refractivity contribution in [1.82, 2.24) is 29.6 Å². The Morgan fingerprint density at radius 3 is 2.83 bits per heavy atom. The SMILES string of the molecule is Cn1cc(C(F)(F)F)nc1C1CCCN(C(=O)c2ncn[nH]2)C1. The third-order valence-corrected chi connectivity index (χ3v) is 3.89. The number of alkyl halides is 3. The number of H-pyrrole nitrogens is 1. The van der Waals surface area contributed by atoms with Crippen molar-refractivity contribution in [3.8, 4) is 0 Å². The lowest BCUT2D eigenvalue weighted by Gasteiger charge is -2.31. The van der Waals surface area contributed by atoms with Crippen molar-refractivity contribution in [2.45, 2.75) is 24.9 Å². The van der Waals surface area contributed by atoms with Gasteiger partial charge in [0.25, 0.3) is 5.91 Å². The Balaban J connectivity index is 1.79. The standard InChI is InChI=1S/C13H15F3N6O/c1-21-6-9(13(14,15)16)19-11(21)8-3-2-4-22(5-8)12(23)10-17-7-18-20-10/h6-8H,2-5H2,1H3,(H,17,18,20). The molecule has 0 radical (unpaired) electrons. The molecule has 23 heavy (non-hydrogen) atoms. The van der Waals surface area contributed by atoms with Crippen LogP contribution in [0.2, 0.25) is 0 Å². The molecule has 1 aliphatic rings. The Morgan fingerprint density at radius 2 is 2.22 bits per heavy atom. The van der Waals surface area contributed by atoms with E-state index in [2.05, 4.69) is 20.2 Å². The Morgan fingerprint density at radius 1 is 1.43 bits per heavy atom. The third kappa shape index (κ3) is 3.06. The first kappa shape index (κ1) is 15.5. The fourth-order valence-corrected chi connectivity index (χ4v) is 2.83. The maximum absolute atomic E-state index is 12.8. The molecule has 1 aliphatic heterocycles. The molecule has 0 aliphatic carbocycles. The van der Waals surface area contributed by atoms with Gasteiger partial charge in [-0.15, -0.1) is 0 Å². The van der Waals surface area contributed by atoms with Crippen molar-refractivity contribution in [2.75, 3.05) is 13.1 Å². The molecule has 1 fully saturated rings. The number of nitrogens with one attached hydrogen (secondary N) is 1. The van der Waals surface area contributed by atoms with Crippen LogP contribution in [-0.4, -0.2) is 48.6 Å². The number of hydrogen-bond acceptors (Lipinski definition) is 4. The molecular formula is C13H15F3N6O. The largest absolute Gasteiger partial charge is 0.434 e. The number of aromatic amines is 1. The average molecular weight is 328 g/mol. The topological polar surface area (TPSA) is 79.7 Å². The number of piperidine rings is 1. The molecule has 0 spiro atoms. The van der Waals surface area contributed by atoms with E-state index in [0.717, 1.165) is 6.20 Å².